The van der Waals surface area contributed by atoms with Crippen LogP contribution >= 0.6 is 0 Å². The molecule has 0 spiro atoms. The highest BCUT2D eigenvalue weighted by molar-refractivity contribution is 5.74. The molecule has 0 bridgehead atoms. The number of piperazine rings is 1. The lowest BCUT2D eigenvalue weighted by atomic mass is 10.0. The Morgan fingerprint density at radius 3 is 2.36 bits per heavy atom. The van der Waals surface area contributed by atoms with E-state index in [4.69, 9.17) is 0 Å². The Bertz CT molecular complexity index is 1000. The van der Waals surface area contributed by atoms with Gasteiger partial charge in [-0.05, 0) is 29.8 Å². The Labute approximate surface area is 159 Å². The zero-order valence-electron chi connectivity index (χ0n) is 15.2. The van der Waals surface area contributed by atoms with Crippen LogP contribution in [0.4, 0.5) is 13.2 Å². The molecule has 1 aliphatic heterocycles. The quantitative estimate of drug-likeness (QED) is 0.720. The third kappa shape index (κ3) is 3.70. The number of para-hydroxylation sites is 2. The van der Waals surface area contributed by atoms with Crippen molar-refractivity contribution in [3.8, 4) is 0 Å². The van der Waals surface area contributed by atoms with Gasteiger partial charge in [0, 0.05) is 32.7 Å². The van der Waals surface area contributed by atoms with E-state index >= 15 is 0 Å². The molecule has 8 heteroatoms. The van der Waals surface area contributed by atoms with E-state index < -0.39 is 11.7 Å². The van der Waals surface area contributed by atoms with E-state index in [2.05, 4.69) is 15.2 Å². The standard InChI is InChI=1S/C20H21F3N4O/c21-20(22,23)15-7-5-14(6-8-15)18(26-11-9-24-10-12-26)13-27-17-4-2-1-3-16(17)25-19(27)28/h1-8,18,24H,9-13H2,(H,25,28). The first kappa shape index (κ1) is 18.8. The number of rotatable bonds is 4. The van der Waals surface area contributed by atoms with Crippen molar-refractivity contribution < 1.29 is 13.2 Å². The highest BCUT2D eigenvalue weighted by Crippen LogP contribution is 2.31. The van der Waals surface area contributed by atoms with E-state index in [1.54, 1.807) is 4.57 Å². The van der Waals surface area contributed by atoms with Crippen LogP contribution in [0.15, 0.2) is 53.3 Å². The number of hydrogen-bond acceptors (Lipinski definition) is 3. The molecule has 2 aromatic carbocycles. The average Bonchev–Trinajstić information content (AvgIpc) is 3.01. The smallest absolute Gasteiger partial charge is 0.314 e. The van der Waals surface area contributed by atoms with Crippen LogP contribution in [0.1, 0.15) is 17.2 Å². The first-order valence-electron chi connectivity index (χ1n) is 9.23. The van der Waals surface area contributed by atoms with E-state index in [1.807, 2.05) is 24.3 Å². The molecule has 3 aromatic rings. The minimum Gasteiger partial charge on any atom is -0.314 e. The number of benzene rings is 2. The second-order valence-corrected chi connectivity index (χ2v) is 6.98. The molecular weight excluding hydrogens is 369 g/mol. The maximum atomic E-state index is 12.9. The maximum absolute atomic E-state index is 12.9. The van der Waals surface area contributed by atoms with Gasteiger partial charge in [-0.15, -0.1) is 0 Å². The fourth-order valence-electron chi connectivity index (χ4n) is 3.78. The van der Waals surface area contributed by atoms with Gasteiger partial charge < -0.3 is 10.3 Å². The van der Waals surface area contributed by atoms with Gasteiger partial charge in [-0.1, -0.05) is 24.3 Å². The number of alkyl halides is 3. The molecule has 1 fully saturated rings. The molecule has 1 unspecified atom stereocenters. The summed E-state index contributed by atoms with van der Waals surface area (Å²) in [6.07, 6.45) is -4.36. The lowest BCUT2D eigenvalue weighted by molar-refractivity contribution is -0.137. The average molecular weight is 390 g/mol. The predicted molar refractivity (Wildman–Crippen MR) is 101 cm³/mol. The Morgan fingerprint density at radius 1 is 1.00 bits per heavy atom. The fraction of sp³-hybridized carbons (Fsp3) is 0.350. The number of halogens is 3. The maximum Gasteiger partial charge on any atom is 0.416 e. The molecule has 2 heterocycles. The molecule has 2 N–H and O–H groups in total. The van der Waals surface area contributed by atoms with E-state index in [-0.39, 0.29) is 11.7 Å². The van der Waals surface area contributed by atoms with Crippen LogP contribution < -0.4 is 11.0 Å². The highest BCUT2D eigenvalue weighted by Gasteiger charge is 2.31. The third-order valence-corrected chi connectivity index (χ3v) is 5.25. The molecule has 5 nitrogen and oxygen atoms in total. The van der Waals surface area contributed by atoms with E-state index in [1.165, 1.54) is 12.1 Å². The van der Waals surface area contributed by atoms with Crippen molar-refractivity contribution in [1.82, 2.24) is 19.8 Å². The molecule has 0 radical (unpaired) electrons. The van der Waals surface area contributed by atoms with Gasteiger partial charge in [-0.2, -0.15) is 13.2 Å². The van der Waals surface area contributed by atoms with Crippen molar-refractivity contribution in [3.63, 3.8) is 0 Å². The minimum absolute atomic E-state index is 0.193. The summed E-state index contributed by atoms with van der Waals surface area (Å²) in [7, 11) is 0. The number of nitrogens with zero attached hydrogens (tertiary/aromatic N) is 2. The summed E-state index contributed by atoms with van der Waals surface area (Å²) >= 11 is 0. The zero-order valence-corrected chi connectivity index (χ0v) is 15.2. The lowest BCUT2D eigenvalue weighted by Gasteiger charge is -2.35. The van der Waals surface area contributed by atoms with Gasteiger partial charge in [0.05, 0.1) is 22.6 Å². The molecule has 1 atom stereocenters. The first-order chi connectivity index (χ1) is 13.4. The number of aromatic nitrogens is 2. The molecule has 148 valence electrons. The Balaban J connectivity index is 1.71. The first-order valence-corrected chi connectivity index (χ1v) is 9.23. The predicted octanol–water partition coefficient (Wildman–Crippen LogP) is 2.99. The van der Waals surface area contributed by atoms with E-state index in [9.17, 15) is 18.0 Å². The topological polar surface area (TPSA) is 53.1 Å². The molecule has 1 saturated heterocycles. The molecule has 28 heavy (non-hydrogen) atoms. The number of aromatic amines is 1. The number of H-pyrrole nitrogens is 1. The van der Waals surface area contributed by atoms with E-state index in [0.717, 1.165) is 54.9 Å². The largest absolute Gasteiger partial charge is 0.416 e. The van der Waals surface area contributed by atoms with Crippen molar-refractivity contribution >= 4 is 11.0 Å². The second-order valence-electron chi connectivity index (χ2n) is 6.98. The Kier molecular flexibility index (Phi) is 4.99. The van der Waals surface area contributed by atoms with Crippen molar-refractivity contribution in [3.05, 3.63) is 70.1 Å². The minimum atomic E-state index is -4.36. The third-order valence-electron chi connectivity index (χ3n) is 5.25. The number of fused-ring (bicyclic) bond motifs is 1. The fourth-order valence-corrected chi connectivity index (χ4v) is 3.78. The molecular formula is C20H21F3N4O. The summed E-state index contributed by atoms with van der Waals surface area (Å²) < 4.78 is 40.5. The van der Waals surface area contributed by atoms with E-state index in [0.29, 0.717) is 6.54 Å². The lowest BCUT2D eigenvalue weighted by Crippen LogP contribution is -2.46. The molecule has 0 aliphatic carbocycles. The normalized spacial score (nSPS) is 17.1. The van der Waals surface area contributed by atoms with Crippen LogP contribution in [0.2, 0.25) is 0 Å². The molecule has 0 amide bonds. The number of hydrogen-bond donors (Lipinski definition) is 2. The van der Waals surface area contributed by atoms with Gasteiger partial charge in [-0.25, -0.2) is 4.79 Å². The van der Waals surface area contributed by atoms with Crippen LogP contribution in [0.5, 0.6) is 0 Å². The second kappa shape index (κ2) is 7.44. The van der Waals surface area contributed by atoms with Gasteiger partial charge in [0.25, 0.3) is 0 Å². The zero-order chi connectivity index (χ0) is 19.7. The monoisotopic (exact) mass is 390 g/mol. The summed E-state index contributed by atoms with van der Waals surface area (Å²) in [6, 6.07) is 12.5. The molecule has 4 rings (SSSR count). The molecule has 1 aliphatic rings. The van der Waals surface area contributed by atoms with Crippen LogP contribution in [-0.4, -0.2) is 40.6 Å². The number of nitrogens with one attached hydrogen (secondary N) is 2. The van der Waals surface area contributed by atoms with Gasteiger partial charge in [0.2, 0.25) is 0 Å². The van der Waals surface area contributed by atoms with Crippen molar-refractivity contribution in [2.24, 2.45) is 0 Å². The van der Waals surface area contributed by atoms with Crippen LogP contribution in [0.25, 0.3) is 11.0 Å². The Morgan fingerprint density at radius 2 is 1.68 bits per heavy atom. The van der Waals surface area contributed by atoms with Gasteiger partial charge in [-0.3, -0.25) is 9.47 Å². The van der Waals surface area contributed by atoms with Gasteiger partial charge in [0.15, 0.2) is 0 Å². The van der Waals surface area contributed by atoms with Crippen molar-refractivity contribution in [2.75, 3.05) is 26.2 Å². The SMILES string of the molecule is O=c1[nH]c2ccccc2n1CC(c1ccc(C(F)(F)F)cc1)N1CCNCC1. The Hall–Kier alpha value is -2.58. The van der Waals surface area contributed by atoms with Crippen LogP contribution in [0, 0.1) is 0 Å². The van der Waals surface area contributed by atoms with Gasteiger partial charge >= 0.3 is 11.9 Å². The highest BCUT2D eigenvalue weighted by atomic mass is 19.4. The summed E-state index contributed by atoms with van der Waals surface area (Å²) in [5.74, 6) is 0. The summed E-state index contributed by atoms with van der Waals surface area (Å²) in [6.45, 7) is 3.51. The molecule has 0 saturated carbocycles. The van der Waals surface area contributed by atoms with Gasteiger partial charge in [0.1, 0.15) is 0 Å². The van der Waals surface area contributed by atoms with Crippen LogP contribution in [-0.2, 0) is 12.7 Å². The number of imidazole rings is 1. The van der Waals surface area contributed by atoms with Crippen molar-refractivity contribution in [2.45, 2.75) is 18.8 Å². The van der Waals surface area contributed by atoms with Crippen LogP contribution in [0.3, 0.4) is 0 Å². The summed E-state index contributed by atoms with van der Waals surface area (Å²) in [5, 5.41) is 3.28. The van der Waals surface area contributed by atoms with Crippen molar-refractivity contribution in [1.29, 1.82) is 0 Å². The summed E-state index contributed by atoms with van der Waals surface area (Å²) in [4.78, 5) is 17.6. The molecule has 1 aromatic heterocycles. The summed E-state index contributed by atoms with van der Waals surface area (Å²) in [5.41, 5.74) is 1.43.